The third-order valence-corrected chi connectivity index (χ3v) is 1.71. The van der Waals surface area contributed by atoms with Crippen LogP contribution in [0, 0.1) is 10.1 Å². The third kappa shape index (κ3) is 4.37. The van der Waals surface area contributed by atoms with Crippen LogP contribution in [-0.2, 0) is 16.1 Å². The highest BCUT2D eigenvalue weighted by atomic mass is 79.9. The average molecular weight is 291 g/mol. The molecule has 0 heterocycles. The van der Waals surface area contributed by atoms with E-state index >= 15 is 0 Å². The van der Waals surface area contributed by atoms with Gasteiger partial charge < -0.3 is 10.5 Å². The molecule has 0 fully saturated rings. The van der Waals surface area contributed by atoms with Crippen LogP contribution in [0.4, 0.5) is 5.69 Å². The van der Waals surface area contributed by atoms with Crippen molar-refractivity contribution < 1.29 is 14.5 Å². The number of non-ortho nitro benzene ring substituents is 1. The lowest BCUT2D eigenvalue weighted by atomic mass is 10.2. The van der Waals surface area contributed by atoms with Crippen LogP contribution in [-0.4, -0.2) is 17.4 Å². The van der Waals surface area contributed by atoms with Gasteiger partial charge in [-0.15, -0.1) is 17.0 Å². The molecular formula is C9H11BrN2O4. The van der Waals surface area contributed by atoms with E-state index in [4.69, 9.17) is 10.5 Å². The molecule has 0 aliphatic heterocycles. The molecule has 0 radical (unpaired) electrons. The highest BCUT2D eigenvalue weighted by Crippen LogP contribution is 2.12. The lowest BCUT2D eigenvalue weighted by Gasteiger charge is -2.02. The Hall–Kier alpha value is -1.47. The van der Waals surface area contributed by atoms with Crippen molar-refractivity contribution in [1.82, 2.24) is 0 Å². The molecule has 1 rings (SSSR count). The molecular weight excluding hydrogens is 280 g/mol. The van der Waals surface area contributed by atoms with E-state index in [0.29, 0.717) is 5.56 Å². The van der Waals surface area contributed by atoms with Gasteiger partial charge in [0.2, 0.25) is 0 Å². The summed E-state index contributed by atoms with van der Waals surface area (Å²) in [5, 5.41) is 10.3. The first-order valence-electron chi connectivity index (χ1n) is 4.22. The molecule has 0 amide bonds. The fraction of sp³-hybridized carbons (Fsp3) is 0.222. The number of nitrogens with two attached hydrogens (primary N) is 1. The minimum atomic E-state index is -0.506. The minimum Gasteiger partial charge on any atom is -0.460 e. The molecule has 1 aromatic rings. The maximum atomic E-state index is 10.7. The molecule has 0 aromatic heterocycles. The van der Waals surface area contributed by atoms with Crippen LogP contribution in [0.5, 0.6) is 0 Å². The van der Waals surface area contributed by atoms with Crippen molar-refractivity contribution in [2.24, 2.45) is 5.73 Å². The van der Waals surface area contributed by atoms with E-state index in [1.165, 1.54) is 24.3 Å². The van der Waals surface area contributed by atoms with Crippen molar-refractivity contribution in [2.75, 3.05) is 6.54 Å². The number of carbonyl (C=O) groups is 1. The van der Waals surface area contributed by atoms with E-state index in [-0.39, 0.29) is 35.8 Å². The molecule has 88 valence electrons. The number of benzene rings is 1. The molecule has 0 unspecified atom stereocenters. The zero-order valence-electron chi connectivity index (χ0n) is 8.29. The van der Waals surface area contributed by atoms with E-state index in [0.717, 1.165) is 0 Å². The zero-order chi connectivity index (χ0) is 11.3. The number of nitrogens with zero attached hydrogens (tertiary/aromatic N) is 1. The van der Waals surface area contributed by atoms with Gasteiger partial charge in [0.15, 0.2) is 0 Å². The second kappa shape index (κ2) is 6.91. The Kier molecular flexibility index (Phi) is 6.28. The summed E-state index contributed by atoms with van der Waals surface area (Å²) in [6, 6.07) is 5.76. The Labute approximate surface area is 102 Å². The summed E-state index contributed by atoms with van der Waals surface area (Å²) in [6.45, 7) is -0.0962. The fourth-order valence-corrected chi connectivity index (χ4v) is 0.937. The highest BCUT2D eigenvalue weighted by Gasteiger charge is 2.05. The molecule has 16 heavy (non-hydrogen) atoms. The zero-order valence-corrected chi connectivity index (χ0v) is 10.0. The first-order valence-corrected chi connectivity index (χ1v) is 4.22. The Balaban J connectivity index is 0.00000225. The average Bonchev–Trinajstić information content (AvgIpc) is 2.26. The summed E-state index contributed by atoms with van der Waals surface area (Å²) in [5.41, 5.74) is 5.72. The number of ether oxygens (including phenoxy) is 1. The van der Waals surface area contributed by atoms with E-state index in [2.05, 4.69) is 0 Å². The number of halogens is 1. The number of hydrogen-bond acceptors (Lipinski definition) is 5. The van der Waals surface area contributed by atoms with Crippen LogP contribution in [0.25, 0.3) is 0 Å². The quantitative estimate of drug-likeness (QED) is 0.510. The van der Waals surface area contributed by atoms with Gasteiger partial charge in [-0.25, -0.2) is 0 Å². The van der Waals surface area contributed by atoms with Gasteiger partial charge in [0, 0.05) is 12.1 Å². The fourth-order valence-electron chi connectivity index (χ4n) is 0.937. The predicted molar refractivity (Wildman–Crippen MR) is 62.3 cm³/mol. The Morgan fingerprint density at radius 1 is 1.38 bits per heavy atom. The van der Waals surface area contributed by atoms with Crippen LogP contribution in [0.1, 0.15) is 5.56 Å². The smallest absolute Gasteiger partial charge is 0.320 e. The minimum absolute atomic E-state index is 0. The van der Waals surface area contributed by atoms with Crippen LogP contribution >= 0.6 is 17.0 Å². The highest BCUT2D eigenvalue weighted by molar-refractivity contribution is 8.93. The van der Waals surface area contributed by atoms with Gasteiger partial charge in [-0.3, -0.25) is 14.9 Å². The van der Waals surface area contributed by atoms with Crippen LogP contribution in [0.3, 0.4) is 0 Å². The number of rotatable bonds is 4. The van der Waals surface area contributed by atoms with Crippen molar-refractivity contribution in [3.05, 3.63) is 39.9 Å². The second-order valence-corrected chi connectivity index (χ2v) is 2.79. The molecule has 6 nitrogen and oxygen atoms in total. The van der Waals surface area contributed by atoms with Gasteiger partial charge >= 0.3 is 5.97 Å². The van der Waals surface area contributed by atoms with E-state index in [1.54, 1.807) is 0 Å². The van der Waals surface area contributed by atoms with Crippen molar-refractivity contribution >= 4 is 28.6 Å². The number of nitro benzene ring substituents is 1. The maximum absolute atomic E-state index is 10.7. The van der Waals surface area contributed by atoms with E-state index in [9.17, 15) is 14.9 Å². The van der Waals surface area contributed by atoms with Gasteiger partial charge in [0.1, 0.15) is 6.61 Å². The maximum Gasteiger partial charge on any atom is 0.320 e. The summed E-state index contributed by atoms with van der Waals surface area (Å²) >= 11 is 0. The Morgan fingerprint density at radius 2 is 1.94 bits per heavy atom. The molecule has 7 heteroatoms. The molecule has 0 bridgehead atoms. The number of nitro groups is 1. The predicted octanol–water partition coefficient (Wildman–Crippen LogP) is 1.17. The summed E-state index contributed by atoms with van der Waals surface area (Å²) in [6.07, 6.45) is 0. The molecule has 0 spiro atoms. The molecule has 0 atom stereocenters. The van der Waals surface area contributed by atoms with Crippen LogP contribution < -0.4 is 5.73 Å². The van der Waals surface area contributed by atoms with E-state index in [1.807, 2.05) is 0 Å². The summed E-state index contributed by atoms with van der Waals surface area (Å²) in [7, 11) is 0. The molecule has 0 aliphatic carbocycles. The summed E-state index contributed by atoms with van der Waals surface area (Å²) in [5.74, 6) is -0.506. The van der Waals surface area contributed by atoms with Gasteiger partial charge in [0.05, 0.1) is 11.5 Å². The molecule has 0 saturated carbocycles. The lowest BCUT2D eigenvalue weighted by molar-refractivity contribution is -0.384. The second-order valence-electron chi connectivity index (χ2n) is 2.79. The molecule has 2 N–H and O–H groups in total. The molecule has 1 aromatic carbocycles. The van der Waals surface area contributed by atoms with Crippen LogP contribution in [0.15, 0.2) is 24.3 Å². The van der Waals surface area contributed by atoms with Gasteiger partial charge in [-0.05, 0) is 17.7 Å². The molecule has 0 aliphatic rings. The topological polar surface area (TPSA) is 95.5 Å². The SMILES string of the molecule is Br.NCC(=O)OCc1ccc([N+](=O)[O-])cc1. The van der Waals surface area contributed by atoms with Crippen LogP contribution in [0.2, 0.25) is 0 Å². The first-order chi connectivity index (χ1) is 7.13. The standard InChI is InChI=1S/C9H10N2O4.BrH/c10-5-9(12)15-6-7-1-3-8(4-2-7)11(13)14;/h1-4H,5-6,10H2;1H. The van der Waals surface area contributed by atoms with Crippen molar-refractivity contribution in [2.45, 2.75) is 6.61 Å². The number of carbonyl (C=O) groups excluding carboxylic acids is 1. The van der Waals surface area contributed by atoms with Crippen molar-refractivity contribution in [1.29, 1.82) is 0 Å². The van der Waals surface area contributed by atoms with Gasteiger partial charge in [0.25, 0.3) is 5.69 Å². The number of esters is 1. The Morgan fingerprint density at radius 3 is 2.38 bits per heavy atom. The third-order valence-electron chi connectivity index (χ3n) is 1.71. The van der Waals surface area contributed by atoms with Crippen molar-refractivity contribution in [3.8, 4) is 0 Å². The monoisotopic (exact) mass is 290 g/mol. The Bertz CT molecular complexity index is 366. The first kappa shape index (κ1) is 14.5. The largest absolute Gasteiger partial charge is 0.460 e. The number of hydrogen-bond donors (Lipinski definition) is 1. The van der Waals surface area contributed by atoms with Gasteiger partial charge in [-0.2, -0.15) is 0 Å². The normalized spacial score (nSPS) is 9.06. The van der Waals surface area contributed by atoms with E-state index < -0.39 is 10.9 Å². The summed E-state index contributed by atoms with van der Waals surface area (Å²) < 4.78 is 4.74. The van der Waals surface area contributed by atoms with Crippen molar-refractivity contribution in [3.63, 3.8) is 0 Å². The summed E-state index contributed by atoms with van der Waals surface area (Å²) in [4.78, 5) is 20.5. The van der Waals surface area contributed by atoms with Gasteiger partial charge in [-0.1, -0.05) is 0 Å². The lowest BCUT2D eigenvalue weighted by Crippen LogP contribution is -2.16. The molecule has 0 saturated heterocycles.